The van der Waals surface area contributed by atoms with E-state index in [1.165, 1.54) is 4.90 Å². The predicted octanol–water partition coefficient (Wildman–Crippen LogP) is -2.14. The normalized spacial score (nSPS) is 15.4. The van der Waals surface area contributed by atoms with Gasteiger partial charge in [0.25, 0.3) is 17.6 Å². The molecule has 0 bridgehead atoms. The SMILES string of the molecule is CCn1c(CNC(=O)c2nc(Cl)c(N)nc2N)[n+](CC)c2ccc(C(=O)NCCc3ccc(-c4ccc(CCN(CC(O)C(O)C(O)C(O)CO)CC(O)C(O)C(O)C(O)CO)cc4)cc3)cc21. The van der Waals surface area contributed by atoms with Gasteiger partial charge in [0.05, 0.1) is 38.5 Å². The summed E-state index contributed by atoms with van der Waals surface area (Å²) in [5.41, 5.74) is 17.3. The first-order valence-corrected chi connectivity index (χ1v) is 22.6. The molecule has 5 rings (SSSR count). The largest absolute Gasteiger partial charge is 0.394 e. The van der Waals surface area contributed by atoms with Crippen molar-refractivity contribution in [1.82, 2.24) is 30.1 Å². The van der Waals surface area contributed by atoms with E-state index in [4.69, 9.17) is 33.3 Å². The Bertz CT molecular complexity index is 2420. The van der Waals surface area contributed by atoms with Gasteiger partial charge in [0.1, 0.15) is 43.2 Å². The van der Waals surface area contributed by atoms with Gasteiger partial charge in [-0.2, -0.15) is 0 Å². The van der Waals surface area contributed by atoms with Gasteiger partial charge in [0.2, 0.25) is 0 Å². The summed E-state index contributed by atoms with van der Waals surface area (Å²) in [7, 11) is 0. The molecule has 0 aliphatic rings. The van der Waals surface area contributed by atoms with Crippen LogP contribution in [0.25, 0.3) is 22.2 Å². The van der Waals surface area contributed by atoms with Crippen molar-refractivity contribution in [3.8, 4) is 11.1 Å². The summed E-state index contributed by atoms with van der Waals surface area (Å²) in [6, 6.07) is 21.0. The van der Waals surface area contributed by atoms with Gasteiger partial charge in [-0.1, -0.05) is 60.1 Å². The lowest BCUT2D eigenvalue weighted by atomic mass is 10.00. The monoisotopic (exact) mass is 968 g/mol. The minimum absolute atomic E-state index is 0.0772. The van der Waals surface area contributed by atoms with Gasteiger partial charge in [-0.3, -0.25) is 14.5 Å². The molecule has 0 fully saturated rings. The number of hydrogen-bond acceptors (Lipinski definition) is 17. The Hall–Kier alpha value is -5.40. The highest BCUT2D eigenvalue weighted by Crippen LogP contribution is 2.23. The van der Waals surface area contributed by atoms with E-state index in [0.29, 0.717) is 38.0 Å². The number of nitrogens with one attached hydrogen (secondary N) is 2. The second-order valence-electron chi connectivity index (χ2n) is 16.4. The van der Waals surface area contributed by atoms with Gasteiger partial charge in [-0.25, -0.2) is 19.1 Å². The summed E-state index contributed by atoms with van der Waals surface area (Å²) in [5.74, 6) is -0.226. The van der Waals surface area contributed by atoms with Crippen molar-refractivity contribution in [2.24, 2.45) is 0 Å². The molecule has 0 saturated heterocycles. The Kier molecular flexibility index (Phi) is 19.5. The minimum Gasteiger partial charge on any atom is -0.394 e. The van der Waals surface area contributed by atoms with E-state index in [1.54, 1.807) is 6.07 Å². The Morgan fingerprint density at radius 1 is 0.706 bits per heavy atom. The minimum atomic E-state index is -1.88. The number of carbonyl (C=O) groups is 2. The van der Waals surface area contributed by atoms with Crippen molar-refractivity contribution in [2.75, 3.05) is 50.9 Å². The topological polar surface area (TPSA) is 350 Å². The molecule has 68 heavy (non-hydrogen) atoms. The van der Waals surface area contributed by atoms with Crippen LogP contribution < -0.4 is 26.7 Å². The van der Waals surface area contributed by atoms with Gasteiger partial charge >= 0.3 is 0 Å². The Morgan fingerprint density at radius 2 is 1.24 bits per heavy atom. The number of nitrogens with two attached hydrogens (primary N) is 2. The van der Waals surface area contributed by atoms with Gasteiger partial charge in [0, 0.05) is 37.8 Å². The highest BCUT2D eigenvalue weighted by atomic mass is 35.5. The van der Waals surface area contributed by atoms with Crippen LogP contribution in [-0.4, -0.2) is 171 Å². The van der Waals surface area contributed by atoms with Crippen LogP contribution in [0, 0.1) is 0 Å². The van der Waals surface area contributed by atoms with E-state index in [2.05, 4.69) is 25.2 Å². The molecule has 2 aromatic heterocycles. The Balaban J connectivity index is 1.17. The number of aliphatic hydroxyl groups excluding tert-OH is 10. The molecule has 0 aliphatic carbocycles. The van der Waals surface area contributed by atoms with E-state index < -0.39 is 68.0 Å². The third-order valence-corrected chi connectivity index (χ3v) is 12.1. The lowest BCUT2D eigenvalue weighted by Gasteiger charge is -2.33. The number of carbonyl (C=O) groups excluding carboxylic acids is 2. The zero-order valence-electron chi connectivity index (χ0n) is 37.8. The molecule has 370 valence electrons. The number of hydrogen-bond donors (Lipinski definition) is 14. The van der Waals surface area contributed by atoms with Gasteiger partial charge < -0.3 is 73.2 Å². The maximum atomic E-state index is 13.4. The second kappa shape index (κ2) is 24.8. The summed E-state index contributed by atoms with van der Waals surface area (Å²) in [5, 5.41) is 106. The molecule has 8 atom stereocenters. The number of rotatable bonds is 25. The number of fused-ring (bicyclic) bond motifs is 1. The standard InChI is InChI=1S/C46H62ClN9O12/c1-3-55-30-14-13-29(19-31(30)56(4-2)36(55)20-51-46(68)37-43(48)53-44(49)42(47)52-37)45(67)50-17-15-25-5-9-27(10-6-25)28-11-7-26(8-12-28)16-18-54(21-32(59)38(63)40(65)34(61)23-57)22-33(60)39(64)41(66)35(62)24-58/h5-14,19,32-35,38-41,57-66H,3-4,15-18,20-24H2,1-2H3,(H5-,48,49,50,51,53,67,68)/p+1. The number of benzene rings is 3. The van der Waals surface area contributed by atoms with E-state index in [0.717, 1.165) is 39.1 Å². The van der Waals surface area contributed by atoms with Crippen LogP contribution in [0.1, 0.15) is 51.6 Å². The molecule has 16 N–H and O–H groups in total. The van der Waals surface area contributed by atoms with Crippen LogP contribution in [0.3, 0.4) is 0 Å². The molecule has 21 nitrogen and oxygen atoms in total. The van der Waals surface area contributed by atoms with Gasteiger partial charge in [-0.15, -0.1) is 0 Å². The molecule has 0 saturated carbocycles. The van der Waals surface area contributed by atoms with Gasteiger partial charge in [-0.05, 0) is 61.1 Å². The lowest BCUT2D eigenvalue weighted by Crippen LogP contribution is -2.53. The maximum absolute atomic E-state index is 13.4. The maximum Gasteiger partial charge on any atom is 0.277 e. The number of halogens is 1. The molecular weight excluding hydrogens is 906 g/mol. The van der Waals surface area contributed by atoms with Crippen molar-refractivity contribution in [3.63, 3.8) is 0 Å². The average molecular weight is 970 g/mol. The van der Waals surface area contributed by atoms with Gasteiger partial charge in [0.15, 0.2) is 33.5 Å². The van der Waals surface area contributed by atoms with Crippen molar-refractivity contribution >= 4 is 46.1 Å². The third-order valence-electron chi connectivity index (χ3n) is 11.8. The van der Waals surface area contributed by atoms with Crippen LogP contribution in [0.2, 0.25) is 5.15 Å². The van der Waals surface area contributed by atoms with Crippen molar-refractivity contribution < 1.29 is 65.2 Å². The number of nitrogen functional groups attached to an aromatic ring is 2. The number of amides is 2. The number of imidazole rings is 1. The molecule has 2 amide bonds. The molecular formula is C46H63ClN9O12+. The molecule has 3 aromatic carbocycles. The number of aliphatic hydroxyl groups is 10. The number of nitrogens with zero attached hydrogens (tertiary/aromatic N) is 5. The fourth-order valence-electron chi connectivity index (χ4n) is 7.85. The first-order chi connectivity index (χ1) is 32.4. The average Bonchev–Trinajstić information content (AvgIpc) is 3.66. The summed E-state index contributed by atoms with van der Waals surface area (Å²) in [4.78, 5) is 35.7. The fraction of sp³-hybridized carbons (Fsp3) is 0.457. The molecule has 0 spiro atoms. The number of aromatic nitrogens is 4. The highest BCUT2D eigenvalue weighted by Gasteiger charge is 2.34. The molecule has 8 unspecified atom stereocenters. The molecule has 2 heterocycles. The molecule has 5 aromatic rings. The molecule has 0 aliphatic heterocycles. The van der Waals surface area contributed by atoms with Crippen molar-refractivity contribution in [1.29, 1.82) is 0 Å². The Labute approximate surface area is 397 Å². The van der Waals surface area contributed by atoms with Crippen molar-refractivity contribution in [2.45, 2.75) is 95.2 Å². The zero-order valence-corrected chi connectivity index (χ0v) is 38.6. The summed E-state index contributed by atoms with van der Waals surface area (Å²) >= 11 is 5.98. The van der Waals surface area contributed by atoms with E-state index in [-0.39, 0.29) is 54.6 Å². The fourth-order valence-corrected chi connectivity index (χ4v) is 7.97. The number of aryl methyl sites for hydroxylation is 2. The summed E-state index contributed by atoms with van der Waals surface area (Å²) in [6.45, 7) is 3.32. The highest BCUT2D eigenvalue weighted by molar-refractivity contribution is 6.31. The summed E-state index contributed by atoms with van der Waals surface area (Å²) < 4.78 is 4.08. The van der Waals surface area contributed by atoms with Crippen LogP contribution in [-0.2, 0) is 32.5 Å². The lowest BCUT2D eigenvalue weighted by molar-refractivity contribution is -0.676. The molecule has 22 heteroatoms. The quantitative estimate of drug-likeness (QED) is 0.0278. The first-order valence-electron chi connectivity index (χ1n) is 22.2. The Morgan fingerprint density at radius 3 is 1.75 bits per heavy atom. The number of anilines is 2. The van der Waals surface area contributed by atoms with Crippen molar-refractivity contribution in [3.05, 3.63) is 100 Å². The third kappa shape index (κ3) is 13.2. The predicted molar refractivity (Wildman–Crippen MR) is 251 cm³/mol. The van der Waals surface area contributed by atoms with Crippen LogP contribution in [0.4, 0.5) is 11.6 Å². The first kappa shape index (κ1) is 53.6. The van der Waals surface area contributed by atoms with Crippen LogP contribution >= 0.6 is 11.6 Å². The smallest absolute Gasteiger partial charge is 0.277 e. The van der Waals surface area contributed by atoms with E-state index in [1.807, 2.05) is 79.1 Å². The zero-order chi connectivity index (χ0) is 49.8. The second-order valence-corrected chi connectivity index (χ2v) is 16.8. The van der Waals surface area contributed by atoms with Crippen LogP contribution in [0.5, 0.6) is 0 Å². The molecule has 0 radical (unpaired) electrons. The van der Waals surface area contributed by atoms with E-state index in [9.17, 15) is 50.4 Å². The van der Waals surface area contributed by atoms with Crippen LogP contribution in [0.15, 0.2) is 66.7 Å². The van der Waals surface area contributed by atoms with E-state index >= 15 is 0 Å². The summed E-state index contributed by atoms with van der Waals surface area (Å²) in [6.07, 6.45) is -13.4.